The van der Waals surface area contributed by atoms with E-state index in [0.29, 0.717) is 0 Å². The van der Waals surface area contributed by atoms with Crippen LogP contribution in [0.3, 0.4) is 0 Å². The van der Waals surface area contributed by atoms with E-state index in [-0.39, 0.29) is 0 Å². The van der Waals surface area contributed by atoms with Crippen LogP contribution in [-0.2, 0) is 19.5 Å². The van der Waals surface area contributed by atoms with Gasteiger partial charge in [0, 0.05) is 31.4 Å². The first-order chi connectivity index (χ1) is 10.4. The van der Waals surface area contributed by atoms with Gasteiger partial charge in [0.05, 0.1) is 0 Å². The molecule has 4 rings (SSSR count). The molecule has 0 amide bonds. The van der Waals surface area contributed by atoms with Crippen LogP contribution in [0.15, 0.2) is 35.0 Å². The van der Waals surface area contributed by atoms with E-state index >= 15 is 0 Å². The second-order valence-corrected chi connectivity index (χ2v) is 7.07. The SMILES string of the molecule is c1cc(CN(Cc2ccc3c(c2)CCCN3)C2CC2)cs1. The van der Waals surface area contributed by atoms with Gasteiger partial charge in [-0.05, 0) is 65.3 Å². The first kappa shape index (κ1) is 13.4. The number of aryl methyl sites for hydroxylation is 1. The molecule has 2 heterocycles. The molecule has 2 aliphatic rings. The lowest BCUT2D eigenvalue weighted by atomic mass is 10.0. The first-order valence-corrected chi connectivity index (χ1v) is 8.93. The highest BCUT2D eigenvalue weighted by molar-refractivity contribution is 7.07. The van der Waals surface area contributed by atoms with Gasteiger partial charge in [-0.1, -0.05) is 12.1 Å². The third-order valence-electron chi connectivity index (χ3n) is 4.52. The van der Waals surface area contributed by atoms with Gasteiger partial charge < -0.3 is 5.32 Å². The molecule has 0 bridgehead atoms. The topological polar surface area (TPSA) is 15.3 Å². The molecule has 1 aliphatic carbocycles. The van der Waals surface area contributed by atoms with E-state index in [1.54, 1.807) is 11.3 Å². The minimum Gasteiger partial charge on any atom is -0.385 e. The average Bonchev–Trinajstić information content (AvgIpc) is 3.24. The molecular weight excluding hydrogens is 276 g/mol. The highest BCUT2D eigenvalue weighted by atomic mass is 32.1. The minimum absolute atomic E-state index is 0.805. The Hall–Kier alpha value is -1.32. The van der Waals surface area contributed by atoms with Gasteiger partial charge in [0.1, 0.15) is 0 Å². The highest BCUT2D eigenvalue weighted by Crippen LogP contribution is 2.31. The van der Waals surface area contributed by atoms with Crippen molar-refractivity contribution in [3.05, 3.63) is 51.7 Å². The molecule has 1 aliphatic heterocycles. The standard InChI is InChI=1S/C18H22N2S/c1-2-16-10-14(3-6-18(16)19-8-1)11-20(17-4-5-17)12-15-7-9-21-13-15/h3,6-7,9-10,13,17,19H,1-2,4-5,8,11-12H2. The summed E-state index contributed by atoms with van der Waals surface area (Å²) in [6.07, 6.45) is 5.23. The van der Waals surface area contributed by atoms with Crippen molar-refractivity contribution in [2.75, 3.05) is 11.9 Å². The van der Waals surface area contributed by atoms with Gasteiger partial charge in [-0.25, -0.2) is 0 Å². The Morgan fingerprint density at radius 2 is 2.05 bits per heavy atom. The fraction of sp³-hybridized carbons (Fsp3) is 0.444. The molecule has 0 atom stereocenters. The molecule has 110 valence electrons. The molecule has 2 aromatic rings. The summed E-state index contributed by atoms with van der Waals surface area (Å²) in [5.41, 5.74) is 5.79. The van der Waals surface area contributed by atoms with Crippen molar-refractivity contribution in [1.82, 2.24) is 4.90 Å². The van der Waals surface area contributed by atoms with Crippen LogP contribution in [0.5, 0.6) is 0 Å². The van der Waals surface area contributed by atoms with E-state index in [9.17, 15) is 0 Å². The number of fused-ring (bicyclic) bond motifs is 1. The predicted molar refractivity (Wildman–Crippen MR) is 89.8 cm³/mol. The summed E-state index contributed by atoms with van der Waals surface area (Å²) in [4.78, 5) is 2.65. The highest BCUT2D eigenvalue weighted by Gasteiger charge is 2.29. The Kier molecular flexibility index (Phi) is 3.70. The third-order valence-corrected chi connectivity index (χ3v) is 5.25. The van der Waals surface area contributed by atoms with E-state index in [0.717, 1.165) is 25.7 Å². The lowest BCUT2D eigenvalue weighted by Crippen LogP contribution is -2.25. The van der Waals surface area contributed by atoms with E-state index in [2.05, 4.69) is 45.2 Å². The normalized spacial score (nSPS) is 17.6. The third kappa shape index (κ3) is 3.14. The number of hydrogen-bond acceptors (Lipinski definition) is 3. The summed E-state index contributed by atoms with van der Waals surface area (Å²) >= 11 is 1.80. The van der Waals surface area contributed by atoms with Crippen LogP contribution in [-0.4, -0.2) is 17.5 Å². The Balaban J connectivity index is 1.50. The van der Waals surface area contributed by atoms with Crippen molar-refractivity contribution in [1.29, 1.82) is 0 Å². The summed E-state index contributed by atoms with van der Waals surface area (Å²) in [5, 5.41) is 7.97. The second kappa shape index (κ2) is 5.82. The Morgan fingerprint density at radius 1 is 1.14 bits per heavy atom. The van der Waals surface area contributed by atoms with Crippen LogP contribution in [0.1, 0.15) is 36.0 Å². The van der Waals surface area contributed by atoms with Gasteiger partial charge >= 0.3 is 0 Å². The lowest BCUT2D eigenvalue weighted by molar-refractivity contribution is 0.246. The van der Waals surface area contributed by atoms with Gasteiger partial charge in [0.15, 0.2) is 0 Å². The maximum Gasteiger partial charge on any atom is 0.0372 e. The van der Waals surface area contributed by atoms with E-state index in [1.807, 2.05) is 0 Å². The van der Waals surface area contributed by atoms with E-state index < -0.39 is 0 Å². The van der Waals surface area contributed by atoms with E-state index in [4.69, 9.17) is 0 Å². The second-order valence-electron chi connectivity index (χ2n) is 6.29. The minimum atomic E-state index is 0.805. The summed E-state index contributed by atoms with van der Waals surface area (Å²) in [6, 6.07) is 10.1. The van der Waals surface area contributed by atoms with Gasteiger partial charge in [0.25, 0.3) is 0 Å². The quantitative estimate of drug-likeness (QED) is 0.886. The summed E-state index contributed by atoms with van der Waals surface area (Å²) < 4.78 is 0. The predicted octanol–water partition coefficient (Wildman–Crippen LogP) is 4.27. The van der Waals surface area contributed by atoms with Crippen LogP contribution in [0, 0.1) is 0 Å². The number of nitrogens with one attached hydrogen (secondary N) is 1. The molecule has 0 spiro atoms. The van der Waals surface area contributed by atoms with E-state index in [1.165, 1.54) is 48.1 Å². The average molecular weight is 298 g/mol. The molecule has 1 aromatic carbocycles. The van der Waals surface area contributed by atoms with Crippen LogP contribution in [0.4, 0.5) is 5.69 Å². The Bertz CT molecular complexity index is 602. The number of thiophene rings is 1. The van der Waals surface area contributed by atoms with Crippen molar-refractivity contribution in [3.63, 3.8) is 0 Å². The van der Waals surface area contributed by atoms with Crippen LogP contribution in [0.2, 0.25) is 0 Å². The fourth-order valence-electron chi connectivity index (χ4n) is 3.23. The summed E-state index contributed by atoms with van der Waals surface area (Å²) in [5.74, 6) is 0. The fourth-order valence-corrected chi connectivity index (χ4v) is 3.89. The number of benzene rings is 1. The molecule has 1 aromatic heterocycles. The maximum absolute atomic E-state index is 3.50. The molecule has 0 saturated heterocycles. The smallest absolute Gasteiger partial charge is 0.0372 e. The van der Waals surface area contributed by atoms with Crippen LogP contribution in [0.25, 0.3) is 0 Å². The number of anilines is 1. The van der Waals surface area contributed by atoms with Crippen molar-refractivity contribution >= 4 is 17.0 Å². The maximum atomic E-state index is 3.50. The van der Waals surface area contributed by atoms with Crippen molar-refractivity contribution < 1.29 is 0 Å². The van der Waals surface area contributed by atoms with Gasteiger partial charge in [0.2, 0.25) is 0 Å². The summed E-state index contributed by atoms with van der Waals surface area (Å²) in [7, 11) is 0. The molecule has 3 heteroatoms. The molecule has 1 fully saturated rings. The Morgan fingerprint density at radius 3 is 2.86 bits per heavy atom. The van der Waals surface area contributed by atoms with Crippen LogP contribution < -0.4 is 5.32 Å². The number of rotatable bonds is 5. The molecular formula is C18H22N2S. The van der Waals surface area contributed by atoms with Crippen molar-refractivity contribution in [2.45, 2.75) is 44.8 Å². The Labute approximate surface area is 130 Å². The van der Waals surface area contributed by atoms with Crippen molar-refractivity contribution in [3.8, 4) is 0 Å². The molecule has 21 heavy (non-hydrogen) atoms. The summed E-state index contributed by atoms with van der Waals surface area (Å²) in [6.45, 7) is 3.32. The lowest BCUT2D eigenvalue weighted by Gasteiger charge is -2.24. The van der Waals surface area contributed by atoms with Crippen LogP contribution >= 0.6 is 11.3 Å². The zero-order valence-corrected chi connectivity index (χ0v) is 13.2. The number of hydrogen-bond donors (Lipinski definition) is 1. The monoisotopic (exact) mass is 298 g/mol. The van der Waals surface area contributed by atoms with Gasteiger partial charge in [-0.2, -0.15) is 11.3 Å². The zero-order valence-electron chi connectivity index (χ0n) is 12.3. The molecule has 0 radical (unpaired) electrons. The molecule has 2 nitrogen and oxygen atoms in total. The zero-order chi connectivity index (χ0) is 14.1. The van der Waals surface area contributed by atoms with Crippen molar-refractivity contribution in [2.24, 2.45) is 0 Å². The largest absolute Gasteiger partial charge is 0.385 e. The van der Waals surface area contributed by atoms with Gasteiger partial charge in [-0.3, -0.25) is 4.90 Å². The molecule has 1 N–H and O–H groups in total. The molecule has 1 saturated carbocycles. The van der Waals surface area contributed by atoms with Gasteiger partial charge in [-0.15, -0.1) is 0 Å². The first-order valence-electron chi connectivity index (χ1n) is 7.99. The molecule has 0 unspecified atom stereocenters. The number of nitrogens with zero attached hydrogens (tertiary/aromatic N) is 1.